The summed E-state index contributed by atoms with van der Waals surface area (Å²) in [4.78, 5) is 26.0. The zero-order valence-electron chi connectivity index (χ0n) is 17.9. The Morgan fingerprint density at radius 3 is 1.97 bits per heavy atom. The number of hydrogen-bond donors (Lipinski definition) is 2. The Hall–Kier alpha value is -3.24. The van der Waals surface area contributed by atoms with Crippen LogP contribution in [0.4, 0.5) is 0 Å². The lowest BCUT2D eigenvalue weighted by atomic mass is 9.87. The van der Waals surface area contributed by atoms with E-state index in [2.05, 4.69) is 29.6 Å². The monoisotopic (exact) mass is 425 g/mol. The van der Waals surface area contributed by atoms with Gasteiger partial charge >= 0.3 is 0 Å². The van der Waals surface area contributed by atoms with Crippen LogP contribution in [-0.4, -0.2) is 29.4 Å². The minimum absolute atomic E-state index is 0.0109. The van der Waals surface area contributed by atoms with Crippen LogP contribution >= 0.6 is 0 Å². The van der Waals surface area contributed by atoms with E-state index in [-0.39, 0.29) is 30.3 Å². The molecule has 4 nitrogen and oxygen atoms in total. The second-order valence-corrected chi connectivity index (χ2v) is 8.93. The van der Waals surface area contributed by atoms with Crippen molar-refractivity contribution >= 4 is 11.7 Å². The number of ketones is 1. The zero-order chi connectivity index (χ0) is 22.1. The van der Waals surface area contributed by atoms with Crippen molar-refractivity contribution in [1.82, 2.24) is 5.32 Å². The van der Waals surface area contributed by atoms with E-state index in [4.69, 9.17) is 0 Å². The summed E-state index contributed by atoms with van der Waals surface area (Å²) < 4.78 is 0. The molecule has 0 spiro atoms. The molecule has 5 rings (SSSR count). The molecule has 4 heteroatoms. The third-order valence-corrected chi connectivity index (χ3v) is 7.07. The van der Waals surface area contributed by atoms with Gasteiger partial charge in [-0.2, -0.15) is 0 Å². The summed E-state index contributed by atoms with van der Waals surface area (Å²) in [7, 11) is 0. The van der Waals surface area contributed by atoms with Crippen LogP contribution < -0.4 is 5.32 Å². The zero-order valence-corrected chi connectivity index (χ0v) is 17.9. The van der Waals surface area contributed by atoms with Crippen molar-refractivity contribution < 1.29 is 14.7 Å². The normalized spacial score (nSPS) is 21.7. The molecule has 32 heavy (non-hydrogen) atoms. The summed E-state index contributed by atoms with van der Waals surface area (Å²) in [6, 6.07) is 24.8. The molecule has 2 bridgehead atoms. The molecule has 1 amide bonds. The summed E-state index contributed by atoms with van der Waals surface area (Å²) in [5.41, 5.74) is 4.89. The fourth-order valence-corrected chi connectivity index (χ4v) is 5.56. The van der Waals surface area contributed by atoms with Crippen LogP contribution in [-0.2, 0) is 6.42 Å². The molecule has 0 radical (unpaired) electrons. The van der Waals surface area contributed by atoms with Gasteiger partial charge in [0.2, 0.25) is 0 Å². The quantitative estimate of drug-likeness (QED) is 0.548. The van der Waals surface area contributed by atoms with Crippen LogP contribution in [0.3, 0.4) is 0 Å². The summed E-state index contributed by atoms with van der Waals surface area (Å²) in [6.07, 6.45) is 2.70. The van der Waals surface area contributed by atoms with E-state index in [0.29, 0.717) is 29.4 Å². The summed E-state index contributed by atoms with van der Waals surface area (Å²) in [6.45, 7) is -0.137. The van der Waals surface area contributed by atoms with Crippen LogP contribution in [0.5, 0.6) is 0 Å². The lowest BCUT2D eigenvalue weighted by Gasteiger charge is -2.17. The summed E-state index contributed by atoms with van der Waals surface area (Å²) in [5, 5.41) is 12.6. The van der Waals surface area contributed by atoms with E-state index < -0.39 is 0 Å². The molecule has 0 heterocycles. The minimum atomic E-state index is -0.362. The maximum absolute atomic E-state index is 13.4. The van der Waals surface area contributed by atoms with Crippen molar-refractivity contribution in [2.24, 2.45) is 5.92 Å². The molecule has 0 aromatic heterocycles. The van der Waals surface area contributed by atoms with Crippen molar-refractivity contribution in [2.45, 2.75) is 37.1 Å². The van der Waals surface area contributed by atoms with E-state index in [1.54, 1.807) is 24.3 Å². The van der Waals surface area contributed by atoms with Crippen LogP contribution in [0, 0.1) is 5.92 Å². The number of amides is 1. The number of nitrogens with one attached hydrogen (secondary N) is 1. The molecule has 2 aliphatic rings. The number of carbonyl (C=O) groups excluding carboxylic acids is 2. The molecule has 3 aromatic carbocycles. The van der Waals surface area contributed by atoms with Gasteiger partial charge in [0.1, 0.15) is 0 Å². The highest BCUT2D eigenvalue weighted by molar-refractivity contribution is 6.01. The average Bonchev–Trinajstić information content (AvgIpc) is 3.41. The summed E-state index contributed by atoms with van der Waals surface area (Å²) >= 11 is 0. The number of benzene rings is 3. The Balaban J connectivity index is 1.26. The average molecular weight is 426 g/mol. The third-order valence-electron chi connectivity index (χ3n) is 7.07. The Bertz CT molecular complexity index is 1090. The topological polar surface area (TPSA) is 66.4 Å². The lowest BCUT2D eigenvalue weighted by molar-refractivity contribution is 0.0901. The van der Waals surface area contributed by atoms with Gasteiger partial charge in [0.15, 0.2) is 5.78 Å². The predicted molar refractivity (Wildman–Crippen MR) is 124 cm³/mol. The number of aliphatic hydroxyl groups excluding tert-OH is 1. The van der Waals surface area contributed by atoms with E-state index in [1.807, 2.05) is 30.3 Å². The van der Waals surface area contributed by atoms with Crippen LogP contribution in [0.15, 0.2) is 78.9 Å². The van der Waals surface area contributed by atoms with Crippen LogP contribution in [0.2, 0.25) is 0 Å². The third kappa shape index (κ3) is 3.76. The number of hydrogen-bond acceptors (Lipinski definition) is 3. The van der Waals surface area contributed by atoms with Gasteiger partial charge in [-0.3, -0.25) is 9.59 Å². The first-order valence-electron chi connectivity index (χ1n) is 11.3. The van der Waals surface area contributed by atoms with Crippen LogP contribution in [0.25, 0.3) is 0 Å². The number of fused-ring (bicyclic) bond motifs is 5. The SMILES string of the molecule is O=C(N[C@H](CO)Cc1ccccc1)c1ccc(C(=O)C2[C@@H]3CC[C@H]2c2ccccc23)cc1. The highest BCUT2D eigenvalue weighted by Gasteiger charge is 2.49. The molecule has 4 atom stereocenters. The van der Waals surface area contributed by atoms with E-state index >= 15 is 0 Å². The molecular formula is C28H27NO3. The standard InChI is InChI=1S/C28H27NO3/c30-17-21(16-18-6-2-1-3-7-18)29-28(32)20-12-10-19(11-13-20)27(31)26-24-14-15-25(26)23-9-5-4-8-22(23)24/h1-13,21,24-26,30H,14-17H2,(H,29,32)/t21-,24-,25+,26?/m0/s1. The molecule has 1 saturated carbocycles. The minimum Gasteiger partial charge on any atom is -0.394 e. The van der Waals surface area contributed by atoms with E-state index in [0.717, 1.165) is 18.4 Å². The van der Waals surface area contributed by atoms with Gasteiger partial charge in [-0.05, 0) is 59.9 Å². The highest BCUT2D eigenvalue weighted by Crippen LogP contribution is 2.57. The molecule has 0 saturated heterocycles. The Labute approximate surface area is 188 Å². The van der Waals surface area contributed by atoms with Gasteiger partial charge in [-0.15, -0.1) is 0 Å². The van der Waals surface area contributed by atoms with Crippen molar-refractivity contribution in [3.8, 4) is 0 Å². The highest BCUT2D eigenvalue weighted by atomic mass is 16.3. The molecule has 2 aliphatic carbocycles. The molecule has 1 unspecified atom stereocenters. The number of Topliss-reactive ketones (excluding diaryl/α,β-unsaturated/α-hetero) is 1. The van der Waals surface area contributed by atoms with Gasteiger partial charge in [0, 0.05) is 17.0 Å². The number of aliphatic hydroxyl groups is 1. The van der Waals surface area contributed by atoms with E-state index in [1.165, 1.54) is 11.1 Å². The van der Waals surface area contributed by atoms with Crippen molar-refractivity contribution in [3.63, 3.8) is 0 Å². The second kappa shape index (κ2) is 8.71. The van der Waals surface area contributed by atoms with Crippen molar-refractivity contribution in [2.75, 3.05) is 6.61 Å². The fraction of sp³-hybridized carbons (Fsp3) is 0.286. The van der Waals surface area contributed by atoms with Gasteiger partial charge in [0.25, 0.3) is 5.91 Å². The van der Waals surface area contributed by atoms with Gasteiger partial charge in [-0.25, -0.2) is 0 Å². The lowest BCUT2D eigenvalue weighted by Crippen LogP contribution is -2.39. The molecule has 0 aliphatic heterocycles. The maximum Gasteiger partial charge on any atom is 0.251 e. The molecule has 1 fully saturated rings. The number of carbonyl (C=O) groups is 2. The Morgan fingerprint density at radius 2 is 1.38 bits per heavy atom. The maximum atomic E-state index is 13.4. The van der Waals surface area contributed by atoms with Gasteiger partial charge in [-0.1, -0.05) is 66.7 Å². The number of rotatable bonds is 7. The Morgan fingerprint density at radius 1 is 0.812 bits per heavy atom. The van der Waals surface area contributed by atoms with Gasteiger partial charge < -0.3 is 10.4 Å². The van der Waals surface area contributed by atoms with Crippen molar-refractivity contribution in [1.29, 1.82) is 0 Å². The second-order valence-electron chi connectivity index (χ2n) is 8.93. The smallest absolute Gasteiger partial charge is 0.251 e. The van der Waals surface area contributed by atoms with Gasteiger partial charge in [0.05, 0.1) is 12.6 Å². The predicted octanol–water partition coefficient (Wildman–Crippen LogP) is 4.49. The summed E-state index contributed by atoms with van der Waals surface area (Å²) in [5.74, 6) is 0.576. The van der Waals surface area contributed by atoms with E-state index in [9.17, 15) is 14.7 Å². The fourth-order valence-electron chi connectivity index (χ4n) is 5.56. The first-order chi connectivity index (χ1) is 15.7. The van der Waals surface area contributed by atoms with Crippen LogP contribution in [0.1, 0.15) is 62.1 Å². The Kier molecular flexibility index (Phi) is 5.62. The molecule has 3 aromatic rings. The molecule has 162 valence electrons. The molecular weight excluding hydrogens is 398 g/mol. The molecule has 2 N–H and O–H groups in total. The first-order valence-corrected chi connectivity index (χ1v) is 11.3. The largest absolute Gasteiger partial charge is 0.394 e. The first kappa shape index (κ1) is 20.7. The van der Waals surface area contributed by atoms with Crippen molar-refractivity contribution in [3.05, 3.63) is 107 Å².